The van der Waals surface area contributed by atoms with Gasteiger partial charge in [-0.05, 0) is 45.5 Å². The van der Waals surface area contributed by atoms with Crippen LogP contribution in [0.5, 0.6) is 5.75 Å². The maximum Gasteiger partial charge on any atom is 0.257 e. The number of piperidine rings is 1. The zero-order valence-electron chi connectivity index (χ0n) is 16.3. The summed E-state index contributed by atoms with van der Waals surface area (Å²) in [7, 11) is 0.926. The molecule has 0 aromatic heterocycles. The molecule has 0 saturated carbocycles. The molecule has 0 N–H and O–H groups in total. The van der Waals surface area contributed by atoms with Crippen LogP contribution in [0.4, 0.5) is 0 Å². The number of carbonyl (C=O) groups excluding carboxylic acids is 1. The minimum Gasteiger partial charge on any atom is -0.489 e. The molecular formula is C19H29N3O4S. The highest BCUT2D eigenvalue weighted by Gasteiger charge is 2.31. The summed E-state index contributed by atoms with van der Waals surface area (Å²) in [5.74, 6) is 0.595. The third-order valence-corrected chi connectivity index (χ3v) is 6.77. The van der Waals surface area contributed by atoms with E-state index in [1.807, 2.05) is 43.3 Å². The predicted octanol–water partition coefficient (Wildman–Crippen LogP) is 1.27. The Morgan fingerprint density at radius 2 is 1.78 bits per heavy atom. The van der Waals surface area contributed by atoms with Crippen molar-refractivity contribution in [2.24, 2.45) is 0 Å². The van der Waals surface area contributed by atoms with Crippen molar-refractivity contribution in [3.05, 3.63) is 29.8 Å². The summed E-state index contributed by atoms with van der Waals surface area (Å²) < 4.78 is 30.9. The first-order valence-corrected chi connectivity index (χ1v) is 11.3. The van der Waals surface area contributed by atoms with Crippen LogP contribution in [0, 0.1) is 0 Å². The van der Waals surface area contributed by atoms with Crippen LogP contribution < -0.4 is 4.74 Å². The lowest BCUT2D eigenvalue weighted by molar-refractivity contribution is 0.0770. The Labute approximate surface area is 161 Å². The Bertz CT molecular complexity index is 773. The van der Waals surface area contributed by atoms with Crippen molar-refractivity contribution < 1.29 is 17.9 Å². The lowest BCUT2D eigenvalue weighted by Gasteiger charge is -2.31. The van der Waals surface area contributed by atoms with E-state index in [0.29, 0.717) is 43.3 Å². The Morgan fingerprint density at radius 3 is 2.37 bits per heavy atom. The summed E-state index contributed by atoms with van der Waals surface area (Å²) >= 11 is 0. The molecule has 1 atom stereocenters. The molecule has 8 heteroatoms. The number of likely N-dealkylation sites (N-methyl/N-ethyl adjacent to an activating group) is 1. The number of nitrogens with zero attached hydrogens (tertiary/aromatic N) is 3. The minimum absolute atomic E-state index is 0.00326. The molecule has 1 amide bonds. The van der Waals surface area contributed by atoms with E-state index in [-0.39, 0.29) is 12.0 Å². The topological polar surface area (TPSA) is 70.2 Å². The van der Waals surface area contributed by atoms with Crippen molar-refractivity contribution in [3.8, 4) is 5.75 Å². The van der Waals surface area contributed by atoms with E-state index < -0.39 is 10.0 Å². The van der Waals surface area contributed by atoms with Crippen molar-refractivity contribution in [2.75, 3.05) is 46.5 Å². The van der Waals surface area contributed by atoms with Crippen molar-refractivity contribution in [2.45, 2.75) is 31.4 Å². The molecule has 150 valence electrons. The molecular weight excluding hydrogens is 366 g/mol. The van der Waals surface area contributed by atoms with Gasteiger partial charge in [-0.1, -0.05) is 12.1 Å². The maximum absolute atomic E-state index is 13.0. The number of ether oxygens (including phenoxy) is 1. The molecule has 7 nitrogen and oxygen atoms in total. The Kier molecular flexibility index (Phi) is 6.08. The smallest absolute Gasteiger partial charge is 0.257 e. The monoisotopic (exact) mass is 395 g/mol. The number of benzene rings is 1. The molecule has 1 aromatic rings. The summed E-state index contributed by atoms with van der Waals surface area (Å²) in [4.78, 5) is 17.0. The summed E-state index contributed by atoms with van der Waals surface area (Å²) in [5.41, 5.74) is 0.586. The quantitative estimate of drug-likeness (QED) is 0.751. The Morgan fingerprint density at radius 1 is 1.11 bits per heavy atom. The van der Waals surface area contributed by atoms with Crippen molar-refractivity contribution in [1.29, 1.82) is 0 Å². The lowest BCUT2D eigenvalue weighted by Crippen LogP contribution is -2.41. The number of sulfonamides is 1. The lowest BCUT2D eigenvalue weighted by atomic mass is 10.1. The van der Waals surface area contributed by atoms with Crippen molar-refractivity contribution >= 4 is 15.9 Å². The maximum atomic E-state index is 13.0. The molecule has 2 aliphatic rings. The highest BCUT2D eigenvalue weighted by atomic mass is 32.2. The molecule has 2 saturated heterocycles. The van der Waals surface area contributed by atoms with Crippen LogP contribution in [0.25, 0.3) is 0 Å². The zero-order valence-corrected chi connectivity index (χ0v) is 17.1. The second-order valence-corrected chi connectivity index (χ2v) is 9.62. The summed E-state index contributed by atoms with van der Waals surface area (Å²) in [6.45, 7) is 2.39. The van der Waals surface area contributed by atoms with Gasteiger partial charge >= 0.3 is 0 Å². The first-order chi connectivity index (χ1) is 12.8. The van der Waals surface area contributed by atoms with Gasteiger partial charge in [-0.15, -0.1) is 0 Å². The van der Waals surface area contributed by atoms with E-state index in [1.165, 1.54) is 10.6 Å². The van der Waals surface area contributed by atoms with Gasteiger partial charge in [0.2, 0.25) is 10.0 Å². The van der Waals surface area contributed by atoms with Gasteiger partial charge in [0.15, 0.2) is 0 Å². The third kappa shape index (κ3) is 4.80. The average Bonchev–Trinajstić information content (AvgIpc) is 3.12. The van der Waals surface area contributed by atoms with Gasteiger partial charge in [-0.2, -0.15) is 0 Å². The number of hydrogen-bond acceptors (Lipinski definition) is 5. The third-order valence-electron chi connectivity index (χ3n) is 5.46. The van der Waals surface area contributed by atoms with Gasteiger partial charge < -0.3 is 14.5 Å². The zero-order chi connectivity index (χ0) is 19.6. The number of rotatable bonds is 5. The predicted molar refractivity (Wildman–Crippen MR) is 105 cm³/mol. The standard InChI is InChI=1S/C19H29N3O4S/c1-20(2)15-8-11-21(14-15)19(23)17-6-4-5-7-18(17)26-16-9-12-22(13-10-16)27(3,24)25/h4-7,15-16H,8-14H2,1-3H3. The molecule has 0 radical (unpaired) electrons. The molecule has 0 spiro atoms. The van der Waals surface area contributed by atoms with Crippen LogP contribution in [0.3, 0.4) is 0 Å². The van der Waals surface area contributed by atoms with Gasteiger partial charge in [-0.25, -0.2) is 12.7 Å². The highest BCUT2D eigenvalue weighted by molar-refractivity contribution is 7.88. The molecule has 2 fully saturated rings. The molecule has 0 bridgehead atoms. The van der Waals surface area contributed by atoms with Crippen LogP contribution in [0.2, 0.25) is 0 Å². The second-order valence-electron chi connectivity index (χ2n) is 7.63. The van der Waals surface area contributed by atoms with Crippen LogP contribution in [-0.2, 0) is 10.0 Å². The minimum atomic E-state index is -3.15. The Hall–Kier alpha value is -1.64. The fraction of sp³-hybridized carbons (Fsp3) is 0.632. The van der Waals surface area contributed by atoms with E-state index in [9.17, 15) is 13.2 Å². The van der Waals surface area contributed by atoms with Crippen LogP contribution in [-0.4, -0.2) is 87.1 Å². The van der Waals surface area contributed by atoms with E-state index in [1.54, 1.807) is 0 Å². The van der Waals surface area contributed by atoms with E-state index in [0.717, 1.165) is 19.5 Å². The highest BCUT2D eigenvalue weighted by Crippen LogP contribution is 2.26. The molecule has 27 heavy (non-hydrogen) atoms. The molecule has 2 heterocycles. The van der Waals surface area contributed by atoms with Gasteiger partial charge in [0.25, 0.3) is 5.91 Å². The molecule has 0 aliphatic carbocycles. The number of amides is 1. The van der Waals surface area contributed by atoms with Gasteiger partial charge in [-0.3, -0.25) is 4.79 Å². The second kappa shape index (κ2) is 8.16. The van der Waals surface area contributed by atoms with Gasteiger partial charge in [0.1, 0.15) is 11.9 Å². The Balaban J connectivity index is 1.66. The summed E-state index contributed by atoms with van der Waals surface area (Å²) in [6, 6.07) is 7.75. The molecule has 1 aromatic carbocycles. The van der Waals surface area contributed by atoms with Crippen molar-refractivity contribution in [3.63, 3.8) is 0 Å². The molecule has 2 aliphatic heterocycles. The van der Waals surface area contributed by atoms with Crippen LogP contribution >= 0.6 is 0 Å². The van der Waals surface area contributed by atoms with Crippen molar-refractivity contribution in [1.82, 2.24) is 14.1 Å². The summed E-state index contributed by atoms with van der Waals surface area (Å²) in [6.07, 6.45) is 3.39. The van der Waals surface area contributed by atoms with Crippen LogP contribution in [0.15, 0.2) is 24.3 Å². The van der Waals surface area contributed by atoms with E-state index in [4.69, 9.17) is 4.74 Å². The van der Waals surface area contributed by atoms with E-state index >= 15 is 0 Å². The average molecular weight is 396 g/mol. The molecule has 1 unspecified atom stereocenters. The molecule has 3 rings (SSSR count). The normalized spacial score (nSPS) is 22.4. The number of likely N-dealkylation sites (tertiary alicyclic amines) is 1. The first kappa shape index (κ1) is 20.1. The number of carbonyl (C=O) groups is 1. The number of para-hydroxylation sites is 1. The largest absolute Gasteiger partial charge is 0.489 e. The van der Waals surface area contributed by atoms with Gasteiger partial charge in [0, 0.05) is 32.2 Å². The first-order valence-electron chi connectivity index (χ1n) is 9.42. The fourth-order valence-corrected chi connectivity index (χ4v) is 4.60. The van der Waals surface area contributed by atoms with E-state index in [2.05, 4.69) is 4.90 Å². The number of hydrogen-bond donors (Lipinski definition) is 0. The van der Waals surface area contributed by atoms with Gasteiger partial charge in [0.05, 0.1) is 11.8 Å². The SMILES string of the molecule is CN(C)C1CCN(C(=O)c2ccccc2OC2CCN(S(C)(=O)=O)CC2)C1. The fourth-order valence-electron chi connectivity index (χ4n) is 3.73. The van der Waals surface area contributed by atoms with Crippen LogP contribution in [0.1, 0.15) is 29.6 Å². The summed E-state index contributed by atoms with van der Waals surface area (Å²) in [5, 5.41) is 0.